The van der Waals surface area contributed by atoms with Gasteiger partial charge >= 0.3 is 0 Å². The average Bonchev–Trinajstić information content (AvgIpc) is 2.42. The quantitative estimate of drug-likeness (QED) is 0.920. The number of hydrogen-bond acceptors (Lipinski definition) is 2. The molecule has 0 aliphatic carbocycles. The second-order valence-corrected chi connectivity index (χ2v) is 5.49. The summed E-state index contributed by atoms with van der Waals surface area (Å²) in [5.74, 6) is 0.753. The molecule has 1 atom stereocenters. The Kier molecular flexibility index (Phi) is 4.27. The van der Waals surface area contributed by atoms with Crippen LogP contribution in [-0.4, -0.2) is 12.2 Å². The van der Waals surface area contributed by atoms with E-state index in [0.717, 1.165) is 32.5 Å². The summed E-state index contributed by atoms with van der Waals surface area (Å²) in [7, 11) is 1.63. The highest BCUT2D eigenvalue weighted by Gasteiger charge is 2.14. The van der Waals surface area contributed by atoms with Crippen LogP contribution in [0.2, 0.25) is 0 Å². The molecule has 0 saturated heterocycles. The van der Waals surface area contributed by atoms with Gasteiger partial charge in [-0.1, -0.05) is 34.1 Å². The summed E-state index contributed by atoms with van der Waals surface area (Å²) in [5.41, 5.74) is 3.94. The van der Waals surface area contributed by atoms with Crippen LogP contribution in [0.4, 0.5) is 0 Å². The Morgan fingerprint density at radius 1 is 1.11 bits per heavy atom. The molecule has 3 heteroatoms. The van der Waals surface area contributed by atoms with Gasteiger partial charge in [0.25, 0.3) is 0 Å². The lowest BCUT2D eigenvalue weighted by molar-refractivity contribution is 0.219. The first-order valence-electron chi connectivity index (χ1n) is 6.11. The predicted molar refractivity (Wildman–Crippen MR) is 80.7 cm³/mol. The third-order valence-electron chi connectivity index (χ3n) is 3.25. The number of rotatable bonds is 3. The van der Waals surface area contributed by atoms with Crippen LogP contribution in [0.3, 0.4) is 0 Å². The van der Waals surface area contributed by atoms with Crippen molar-refractivity contribution in [1.82, 2.24) is 0 Å². The van der Waals surface area contributed by atoms with Crippen molar-refractivity contribution in [3.63, 3.8) is 0 Å². The van der Waals surface area contributed by atoms with E-state index in [1.165, 1.54) is 0 Å². The maximum Gasteiger partial charge on any atom is 0.119 e. The summed E-state index contributed by atoms with van der Waals surface area (Å²) in [5, 5.41) is 10.5. The van der Waals surface area contributed by atoms with Gasteiger partial charge in [-0.3, -0.25) is 0 Å². The molecular weight excluding hydrogens is 304 g/mol. The first-order valence-corrected chi connectivity index (χ1v) is 6.91. The van der Waals surface area contributed by atoms with Crippen molar-refractivity contribution >= 4 is 15.9 Å². The van der Waals surface area contributed by atoms with E-state index in [9.17, 15) is 5.11 Å². The summed E-state index contributed by atoms with van der Waals surface area (Å²) in [4.78, 5) is 0. The lowest BCUT2D eigenvalue weighted by atomic mass is 9.96. The lowest BCUT2D eigenvalue weighted by Crippen LogP contribution is -2.03. The maximum atomic E-state index is 10.5. The molecule has 0 aliphatic heterocycles. The molecular formula is C16H17BrO2. The zero-order valence-corrected chi connectivity index (χ0v) is 12.9. The molecule has 0 amide bonds. The van der Waals surface area contributed by atoms with Gasteiger partial charge in [-0.05, 0) is 54.3 Å². The molecule has 2 aromatic rings. The minimum absolute atomic E-state index is 0.637. The predicted octanol–water partition coefficient (Wildman–Crippen LogP) is 4.16. The van der Waals surface area contributed by atoms with Gasteiger partial charge in [0.05, 0.1) is 7.11 Å². The van der Waals surface area contributed by atoms with E-state index in [4.69, 9.17) is 4.74 Å². The van der Waals surface area contributed by atoms with Crippen molar-refractivity contribution in [2.24, 2.45) is 0 Å². The molecule has 0 spiro atoms. The van der Waals surface area contributed by atoms with Crippen molar-refractivity contribution in [3.8, 4) is 5.75 Å². The first kappa shape index (κ1) is 14.1. The Morgan fingerprint density at radius 2 is 1.84 bits per heavy atom. The molecule has 0 bridgehead atoms. The van der Waals surface area contributed by atoms with E-state index in [1.807, 2.05) is 50.2 Å². The summed E-state index contributed by atoms with van der Waals surface area (Å²) in [6.45, 7) is 4.02. The van der Waals surface area contributed by atoms with Gasteiger partial charge in [-0.25, -0.2) is 0 Å². The van der Waals surface area contributed by atoms with Gasteiger partial charge in [0.2, 0.25) is 0 Å². The molecule has 1 unspecified atom stereocenters. The van der Waals surface area contributed by atoms with Crippen LogP contribution in [-0.2, 0) is 0 Å². The monoisotopic (exact) mass is 320 g/mol. The number of ether oxygens (including phenoxy) is 1. The minimum atomic E-state index is -0.637. The smallest absolute Gasteiger partial charge is 0.119 e. The Labute approximate surface area is 122 Å². The standard InChI is InChI=1S/C16H17BrO2/c1-10-8-15(17)11(2)7-14(10)16(18)12-5-4-6-13(9-12)19-3/h4-9,16,18H,1-3H3. The van der Waals surface area contributed by atoms with Crippen LogP contribution >= 0.6 is 15.9 Å². The number of aryl methyl sites for hydroxylation is 2. The lowest BCUT2D eigenvalue weighted by Gasteiger charge is -2.16. The number of methoxy groups -OCH3 is 1. The molecule has 0 saturated carbocycles. The summed E-state index contributed by atoms with van der Waals surface area (Å²) in [6.07, 6.45) is -0.637. The van der Waals surface area contributed by atoms with Crippen LogP contribution in [0.15, 0.2) is 40.9 Å². The molecule has 2 rings (SSSR count). The molecule has 2 nitrogen and oxygen atoms in total. The molecule has 0 fully saturated rings. The molecule has 0 aromatic heterocycles. The topological polar surface area (TPSA) is 29.5 Å². The van der Waals surface area contributed by atoms with Crippen molar-refractivity contribution in [2.45, 2.75) is 20.0 Å². The molecule has 1 N–H and O–H groups in total. The van der Waals surface area contributed by atoms with E-state index >= 15 is 0 Å². The van der Waals surface area contributed by atoms with Gasteiger partial charge in [0.15, 0.2) is 0 Å². The second kappa shape index (κ2) is 5.76. The number of aliphatic hydroxyl groups is 1. The van der Waals surface area contributed by atoms with Crippen molar-refractivity contribution in [2.75, 3.05) is 7.11 Å². The molecule has 0 radical (unpaired) electrons. The summed E-state index contributed by atoms with van der Waals surface area (Å²) < 4.78 is 6.26. The normalized spacial score (nSPS) is 12.3. The molecule has 19 heavy (non-hydrogen) atoms. The minimum Gasteiger partial charge on any atom is -0.497 e. The fraction of sp³-hybridized carbons (Fsp3) is 0.250. The third kappa shape index (κ3) is 2.99. The Bertz CT molecular complexity index is 593. The van der Waals surface area contributed by atoms with Gasteiger partial charge in [0, 0.05) is 4.47 Å². The molecule has 0 heterocycles. The highest BCUT2D eigenvalue weighted by molar-refractivity contribution is 9.10. The number of benzene rings is 2. The maximum absolute atomic E-state index is 10.5. The van der Waals surface area contributed by atoms with Crippen molar-refractivity contribution < 1.29 is 9.84 Å². The Morgan fingerprint density at radius 3 is 2.53 bits per heavy atom. The third-order valence-corrected chi connectivity index (χ3v) is 4.11. The molecule has 100 valence electrons. The van der Waals surface area contributed by atoms with E-state index in [1.54, 1.807) is 7.11 Å². The zero-order chi connectivity index (χ0) is 14.0. The van der Waals surface area contributed by atoms with Crippen LogP contribution in [0.5, 0.6) is 5.75 Å². The molecule has 2 aromatic carbocycles. The fourth-order valence-electron chi connectivity index (χ4n) is 2.09. The average molecular weight is 321 g/mol. The number of halogens is 1. The Hall–Kier alpha value is -1.32. The fourth-order valence-corrected chi connectivity index (χ4v) is 2.55. The van der Waals surface area contributed by atoms with Crippen molar-refractivity contribution in [3.05, 3.63) is 63.1 Å². The highest BCUT2D eigenvalue weighted by atomic mass is 79.9. The van der Waals surface area contributed by atoms with Crippen LogP contribution in [0.25, 0.3) is 0 Å². The number of aliphatic hydroxyl groups excluding tert-OH is 1. The zero-order valence-electron chi connectivity index (χ0n) is 11.3. The van der Waals surface area contributed by atoms with Gasteiger partial charge in [-0.2, -0.15) is 0 Å². The van der Waals surface area contributed by atoms with E-state index in [2.05, 4.69) is 15.9 Å². The van der Waals surface area contributed by atoms with Gasteiger partial charge < -0.3 is 9.84 Å². The van der Waals surface area contributed by atoms with E-state index in [0.29, 0.717) is 0 Å². The van der Waals surface area contributed by atoms with Gasteiger partial charge in [-0.15, -0.1) is 0 Å². The number of hydrogen-bond donors (Lipinski definition) is 1. The van der Waals surface area contributed by atoms with Crippen LogP contribution in [0.1, 0.15) is 28.4 Å². The van der Waals surface area contributed by atoms with Crippen molar-refractivity contribution in [1.29, 1.82) is 0 Å². The van der Waals surface area contributed by atoms with Crippen LogP contribution in [0, 0.1) is 13.8 Å². The summed E-state index contributed by atoms with van der Waals surface area (Å²) >= 11 is 3.51. The largest absolute Gasteiger partial charge is 0.497 e. The first-order chi connectivity index (χ1) is 9.02. The van der Waals surface area contributed by atoms with E-state index in [-0.39, 0.29) is 0 Å². The highest BCUT2D eigenvalue weighted by Crippen LogP contribution is 2.30. The second-order valence-electron chi connectivity index (χ2n) is 4.64. The van der Waals surface area contributed by atoms with Gasteiger partial charge in [0.1, 0.15) is 11.9 Å². The van der Waals surface area contributed by atoms with E-state index < -0.39 is 6.10 Å². The summed E-state index contributed by atoms with van der Waals surface area (Å²) in [6, 6.07) is 11.6. The van der Waals surface area contributed by atoms with Crippen LogP contribution < -0.4 is 4.74 Å². The Balaban J connectivity index is 2.43. The molecule has 0 aliphatic rings. The SMILES string of the molecule is COc1cccc(C(O)c2cc(C)c(Br)cc2C)c1.